The van der Waals surface area contributed by atoms with Crippen molar-refractivity contribution in [2.45, 2.75) is 33.1 Å². The molecule has 1 aliphatic rings. The first-order valence-electron chi connectivity index (χ1n) is 5.92. The first-order valence-corrected chi connectivity index (χ1v) is 5.92. The highest BCUT2D eigenvalue weighted by Crippen LogP contribution is 2.38. The minimum atomic E-state index is -0.651. The Hall–Kier alpha value is -1.01. The molecule has 90 valence electrons. The van der Waals surface area contributed by atoms with Crippen molar-refractivity contribution in [2.24, 2.45) is 11.3 Å². The van der Waals surface area contributed by atoms with Gasteiger partial charge in [-0.25, -0.2) is 0 Å². The summed E-state index contributed by atoms with van der Waals surface area (Å²) >= 11 is 0. The number of hydrogen-bond donors (Lipinski definition) is 1. The second kappa shape index (κ2) is 5.36. The molecule has 1 fully saturated rings. The summed E-state index contributed by atoms with van der Waals surface area (Å²) in [5.41, 5.74) is -0.545. The summed E-state index contributed by atoms with van der Waals surface area (Å²) in [5, 5.41) is 9.36. The fraction of sp³-hybridized carbons (Fsp3) is 0.769. The molecule has 0 aromatic rings. The monoisotopic (exact) mass is 223 g/mol. The molecule has 3 nitrogen and oxygen atoms in total. The van der Waals surface area contributed by atoms with Gasteiger partial charge in [0.05, 0.1) is 5.41 Å². The molecular weight excluding hydrogens is 202 g/mol. The number of carbonyl (C=O) groups is 1. The summed E-state index contributed by atoms with van der Waals surface area (Å²) in [6.45, 7) is 6.48. The first kappa shape index (κ1) is 13.1. The summed E-state index contributed by atoms with van der Waals surface area (Å²) in [6.07, 6.45) is 7.70. The van der Waals surface area contributed by atoms with Crippen LogP contribution in [-0.4, -0.2) is 35.6 Å². The molecule has 0 radical (unpaired) electrons. The standard InChI is InChI=1S/C13H21NO2/c1-4-5-6-8-14-9-7-13(10-14,11(2)3)12(15)16/h1,11H,5-10H2,2-3H3,(H,15,16). The maximum atomic E-state index is 11.4. The Morgan fingerprint density at radius 2 is 2.31 bits per heavy atom. The van der Waals surface area contributed by atoms with Gasteiger partial charge in [0.2, 0.25) is 0 Å². The van der Waals surface area contributed by atoms with Gasteiger partial charge in [-0.3, -0.25) is 4.79 Å². The smallest absolute Gasteiger partial charge is 0.311 e. The molecule has 1 atom stereocenters. The van der Waals surface area contributed by atoms with Crippen molar-refractivity contribution in [3.63, 3.8) is 0 Å². The van der Waals surface area contributed by atoms with Gasteiger partial charge in [-0.1, -0.05) is 13.8 Å². The normalized spacial score (nSPS) is 25.9. The summed E-state index contributed by atoms with van der Waals surface area (Å²) in [7, 11) is 0. The number of terminal acetylenes is 1. The average molecular weight is 223 g/mol. The zero-order valence-corrected chi connectivity index (χ0v) is 10.2. The third-order valence-electron chi connectivity index (χ3n) is 3.71. The molecule has 0 aromatic carbocycles. The number of rotatable bonds is 5. The van der Waals surface area contributed by atoms with Crippen LogP contribution >= 0.6 is 0 Å². The van der Waals surface area contributed by atoms with E-state index in [0.29, 0.717) is 6.54 Å². The van der Waals surface area contributed by atoms with E-state index in [1.165, 1.54) is 0 Å². The molecule has 1 rings (SSSR count). The van der Waals surface area contributed by atoms with E-state index in [-0.39, 0.29) is 5.92 Å². The lowest BCUT2D eigenvalue weighted by molar-refractivity contribution is -0.151. The predicted octanol–water partition coefficient (Wildman–Crippen LogP) is 1.83. The lowest BCUT2D eigenvalue weighted by atomic mass is 9.76. The molecule has 0 amide bonds. The van der Waals surface area contributed by atoms with Crippen molar-refractivity contribution in [3.05, 3.63) is 0 Å². The Balaban J connectivity index is 2.54. The first-order chi connectivity index (χ1) is 7.53. The zero-order valence-electron chi connectivity index (χ0n) is 10.2. The van der Waals surface area contributed by atoms with E-state index in [9.17, 15) is 9.90 Å². The van der Waals surface area contributed by atoms with Gasteiger partial charge in [0, 0.05) is 13.0 Å². The van der Waals surface area contributed by atoms with Crippen LogP contribution in [0.15, 0.2) is 0 Å². The van der Waals surface area contributed by atoms with Gasteiger partial charge in [-0.2, -0.15) is 0 Å². The number of aliphatic carboxylic acids is 1. The Morgan fingerprint density at radius 1 is 1.62 bits per heavy atom. The molecule has 1 N–H and O–H groups in total. The van der Waals surface area contributed by atoms with Crippen LogP contribution < -0.4 is 0 Å². The molecule has 1 saturated heterocycles. The molecule has 1 aliphatic heterocycles. The van der Waals surface area contributed by atoms with Crippen LogP contribution in [-0.2, 0) is 4.79 Å². The molecule has 1 heterocycles. The van der Waals surface area contributed by atoms with E-state index in [1.807, 2.05) is 13.8 Å². The third-order valence-corrected chi connectivity index (χ3v) is 3.71. The van der Waals surface area contributed by atoms with E-state index in [4.69, 9.17) is 6.42 Å². The van der Waals surface area contributed by atoms with Crippen molar-refractivity contribution in [1.29, 1.82) is 0 Å². The maximum Gasteiger partial charge on any atom is 0.311 e. The second-order valence-corrected chi connectivity index (χ2v) is 4.95. The van der Waals surface area contributed by atoms with E-state index in [1.54, 1.807) is 0 Å². The Bertz CT molecular complexity index is 293. The van der Waals surface area contributed by atoms with Crippen LogP contribution in [0.5, 0.6) is 0 Å². The summed E-state index contributed by atoms with van der Waals surface area (Å²) in [6, 6.07) is 0. The summed E-state index contributed by atoms with van der Waals surface area (Å²) in [4.78, 5) is 13.6. The van der Waals surface area contributed by atoms with Crippen molar-refractivity contribution < 1.29 is 9.90 Å². The highest BCUT2D eigenvalue weighted by Gasteiger charge is 2.46. The molecule has 0 spiro atoms. The van der Waals surface area contributed by atoms with E-state index >= 15 is 0 Å². The molecule has 0 saturated carbocycles. The van der Waals surface area contributed by atoms with E-state index < -0.39 is 11.4 Å². The Labute approximate surface area is 97.8 Å². The quantitative estimate of drug-likeness (QED) is 0.571. The van der Waals surface area contributed by atoms with Crippen molar-refractivity contribution in [2.75, 3.05) is 19.6 Å². The number of carboxylic acids is 1. The number of hydrogen-bond acceptors (Lipinski definition) is 2. The molecule has 16 heavy (non-hydrogen) atoms. The van der Waals surface area contributed by atoms with Crippen molar-refractivity contribution in [1.82, 2.24) is 4.90 Å². The molecule has 3 heteroatoms. The number of carboxylic acid groups (broad SMARTS) is 1. The van der Waals surface area contributed by atoms with Crippen LogP contribution in [0.4, 0.5) is 0 Å². The van der Waals surface area contributed by atoms with Crippen LogP contribution in [0.2, 0.25) is 0 Å². The van der Waals surface area contributed by atoms with Crippen molar-refractivity contribution in [3.8, 4) is 12.3 Å². The highest BCUT2D eigenvalue weighted by molar-refractivity contribution is 5.75. The molecule has 0 aromatic heterocycles. The van der Waals surface area contributed by atoms with E-state index in [2.05, 4.69) is 10.8 Å². The van der Waals surface area contributed by atoms with E-state index in [0.717, 1.165) is 32.4 Å². The third kappa shape index (κ3) is 2.56. The summed E-state index contributed by atoms with van der Waals surface area (Å²) in [5.74, 6) is 2.15. The van der Waals surface area contributed by atoms with Crippen molar-refractivity contribution >= 4 is 5.97 Å². The Morgan fingerprint density at radius 3 is 2.75 bits per heavy atom. The minimum absolute atomic E-state index is 0.183. The summed E-state index contributed by atoms with van der Waals surface area (Å²) < 4.78 is 0. The minimum Gasteiger partial charge on any atom is -0.481 e. The highest BCUT2D eigenvalue weighted by atomic mass is 16.4. The molecular formula is C13H21NO2. The van der Waals surface area contributed by atoms with Gasteiger partial charge in [-0.15, -0.1) is 12.3 Å². The van der Waals surface area contributed by atoms with Crippen LogP contribution in [0.1, 0.15) is 33.1 Å². The van der Waals surface area contributed by atoms with Crippen LogP contribution in [0.3, 0.4) is 0 Å². The number of likely N-dealkylation sites (tertiary alicyclic amines) is 1. The van der Waals surface area contributed by atoms with Crippen LogP contribution in [0, 0.1) is 23.7 Å². The SMILES string of the molecule is C#CCCCN1CCC(C(=O)O)(C(C)C)C1. The number of unbranched alkanes of at least 4 members (excludes halogenated alkanes) is 1. The number of nitrogens with zero attached hydrogens (tertiary/aromatic N) is 1. The maximum absolute atomic E-state index is 11.4. The zero-order chi connectivity index (χ0) is 12.2. The lowest BCUT2D eigenvalue weighted by Gasteiger charge is -2.28. The van der Waals surface area contributed by atoms with Gasteiger partial charge >= 0.3 is 5.97 Å². The molecule has 0 aliphatic carbocycles. The fourth-order valence-corrected chi connectivity index (χ4v) is 2.40. The molecule has 1 unspecified atom stereocenters. The average Bonchev–Trinajstić information content (AvgIpc) is 2.64. The largest absolute Gasteiger partial charge is 0.481 e. The second-order valence-electron chi connectivity index (χ2n) is 4.95. The van der Waals surface area contributed by atoms with Gasteiger partial charge in [0.25, 0.3) is 0 Å². The van der Waals surface area contributed by atoms with Crippen LogP contribution in [0.25, 0.3) is 0 Å². The van der Waals surface area contributed by atoms with Gasteiger partial charge < -0.3 is 10.0 Å². The fourth-order valence-electron chi connectivity index (χ4n) is 2.40. The Kier molecular flexibility index (Phi) is 4.37. The molecule has 0 bridgehead atoms. The lowest BCUT2D eigenvalue weighted by Crippen LogP contribution is -2.39. The van der Waals surface area contributed by atoms with Gasteiger partial charge in [0.15, 0.2) is 0 Å². The van der Waals surface area contributed by atoms with Gasteiger partial charge in [-0.05, 0) is 31.8 Å². The predicted molar refractivity (Wildman–Crippen MR) is 64.0 cm³/mol. The van der Waals surface area contributed by atoms with Gasteiger partial charge in [0.1, 0.15) is 0 Å². The topological polar surface area (TPSA) is 40.5 Å².